The number of fused-ring (bicyclic) bond motifs is 1. The minimum atomic E-state index is -0.627. The van der Waals surface area contributed by atoms with Crippen LogP contribution < -0.4 is 5.56 Å². The summed E-state index contributed by atoms with van der Waals surface area (Å²) in [6.45, 7) is 11.9. The summed E-state index contributed by atoms with van der Waals surface area (Å²) >= 11 is 1.52. The third-order valence-corrected chi connectivity index (χ3v) is 5.04. The van der Waals surface area contributed by atoms with Crippen molar-refractivity contribution < 1.29 is 9.53 Å². The molecule has 126 valence electrons. The summed E-state index contributed by atoms with van der Waals surface area (Å²) in [5.74, 6) is 0.450. The van der Waals surface area contributed by atoms with Crippen LogP contribution in [0, 0.1) is 26.7 Å². The molecule has 23 heavy (non-hydrogen) atoms. The smallest absolute Gasteiger partial charge is 0.329 e. The fraction of sp³-hybridized carbons (Fsp3) is 0.588. The van der Waals surface area contributed by atoms with Gasteiger partial charge in [-0.2, -0.15) is 0 Å². The Balaban J connectivity index is 2.54. The van der Waals surface area contributed by atoms with Crippen LogP contribution in [0.5, 0.6) is 0 Å². The van der Waals surface area contributed by atoms with Crippen LogP contribution in [0.3, 0.4) is 0 Å². The minimum absolute atomic E-state index is 0.150. The molecule has 0 amide bonds. The summed E-state index contributed by atoms with van der Waals surface area (Å²) in [5, 5.41) is 0.619. The van der Waals surface area contributed by atoms with Gasteiger partial charge in [0, 0.05) is 4.88 Å². The molecule has 0 aliphatic heterocycles. The van der Waals surface area contributed by atoms with Gasteiger partial charge in [-0.15, -0.1) is 11.3 Å². The molecular formula is C17H24N2O3S. The van der Waals surface area contributed by atoms with Gasteiger partial charge in [-0.3, -0.25) is 9.36 Å². The molecule has 0 fully saturated rings. The van der Waals surface area contributed by atoms with Crippen LogP contribution in [-0.2, 0) is 9.53 Å². The minimum Gasteiger partial charge on any atom is -0.464 e. The average Bonchev–Trinajstić information content (AvgIpc) is 2.75. The number of hydrogen-bond donors (Lipinski definition) is 0. The topological polar surface area (TPSA) is 61.2 Å². The van der Waals surface area contributed by atoms with E-state index in [2.05, 4.69) is 4.98 Å². The largest absolute Gasteiger partial charge is 0.464 e. The molecule has 2 heterocycles. The number of aryl methyl sites for hydroxylation is 3. The van der Waals surface area contributed by atoms with Gasteiger partial charge in [0.1, 0.15) is 16.7 Å². The Bertz CT molecular complexity index is 789. The van der Waals surface area contributed by atoms with Crippen molar-refractivity contribution in [3.05, 3.63) is 26.6 Å². The SMILES string of the molecule is CCC(C(=O)OCC(C)C)n1c(C)nc2sc(C)c(C)c2c1=O. The van der Waals surface area contributed by atoms with E-state index in [1.165, 1.54) is 15.9 Å². The molecule has 2 aromatic heterocycles. The van der Waals surface area contributed by atoms with E-state index in [9.17, 15) is 9.59 Å². The molecule has 2 rings (SSSR count). The lowest BCUT2D eigenvalue weighted by Crippen LogP contribution is -2.33. The second kappa shape index (κ2) is 6.83. The highest BCUT2D eigenvalue weighted by molar-refractivity contribution is 7.18. The molecule has 0 radical (unpaired) electrons. The summed E-state index contributed by atoms with van der Waals surface area (Å²) < 4.78 is 6.83. The van der Waals surface area contributed by atoms with Crippen molar-refractivity contribution in [1.29, 1.82) is 0 Å². The first-order chi connectivity index (χ1) is 10.8. The fourth-order valence-corrected chi connectivity index (χ4v) is 3.64. The summed E-state index contributed by atoms with van der Waals surface area (Å²) in [4.78, 5) is 31.7. The van der Waals surface area contributed by atoms with Gasteiger partial charge in [0.2, 0.25) is 0 Å². The molecule has 1 atom stereocenters. The molecule has 1 unspecified atom stereocenters. The van der Waals surface area contributed by atoms with Crippen molar-refractivity contribution in [3.63, 3.8) is 0 Å². The quantitative estimate of drug-likeness (QED) is 0.784. The molecule has 6 heteroatoms. The molecule has 0 spiro atoms. The lowest BCUT2D eigenvalue weighted by Gasteiger charge is -2.19. The summed E-state index contributed by atoms with van der Waals surface area (Å²) in [5.41, 5.74) is 0.796. The third-order valence-electron chi connectivity index (χ3n) is 3.94. The van der Waals surface area contributed by atoms with Gasteiger partial charge in [0.25, 0.3) is 5.56 Å². The zero-order valence-corrected chi connectivity index (χ0v) is 15.4. The number of ether oxygens (including phenoxy) is 1. The van der Waals surface area contributed by atoms with E-state index < -0.39 is 6.04 Å². The van der Waals surface area contributed by atoms with Crippen LogP contribution in [0.4, 0.5) is 0 Å². The highest BCUT2D eigenvalue weighted by atomic mass is 32.1. The molecule has 0 aliphatic carbocycles. The van der Waals surface area contributed by atoms with Gasteiger partial charge in [-0.1, -0.05) is 20.8 Å². The van der Waals surface area contributed by atoms with E-state index in [0.29, 0.717) is 24.2 Å². The number of aromatic nitrogens is 2. The molecular weight excluding hydrogens is 312 g/mol. The second-order valence-electron chi connectivity index (χ2n) is 6.25. The monoisotopic (exact) mass is 336 g/mol. The molecule has 0 aliphatic rings. The number of esters is 1. The van der Waals surface area contributed by atoms with Gasteiger partial charge in [0.05, 0.1) is 12.0 Å². The number of rotatable bonds is 5. The maximum atomic E-state index is 12.9. The predicted molar refractivity (Wildman–Crippen MR) is 93.2 cm³/mol. The van der Waals surface area contributed by atoms with E-state index in [4.69, 9.17) is 4.74 Å². The number of carbonyl (C=O) groups excluding carboxylic acids is 1. The number of thiophene rings is 1. The second-order valence-corrected chi connectivity index (χ2v) is 7.45. The summed E-state index contributed by atoms with van der Waals surface area (Å²) in [6.07, 6.45) is 0.493. The van der Waals surface area contributed by atoms with E-state index in [0.717, 1.165) is 15.3 Å². The number of carbonyl (C=O) groups is 1. The Labute approximate surface area is 140 Å². The number of hydrogen-bond acceptors (Lipinski definition) is 5. The maximum absolute atomic E-state index is 12.9. The molecule has 0 saturated carbocycles. The first-order valence-electron chi connectivity index (χ1n) is 7.93. The Morgan fingerprint density at radius 1 is 1.30 bits per heavy atom. The molecule has 0 saturated heterocycles. The Hall–Kier alpha value is -1.69. The van der Waals surface area contributed by atoms with Gasteiger partial charge < -0.3 is 4.74 Å². The summed E-state index contributed by atoms with van der Waals surface area (Å²) in [6, 6.07) is -0.627. The normalized spacial score (nSPS) is 12.8. The standard InChI is InChI=1S/C17H24N2O3S/c1-7-13(17(21)22-8-9(2)3)19-12(6)18-15-14(16(19)20)10(4)11(5)23-15/h9,13H,7-8H2,1-6H3. The third kappa shape index (κ3) is 3.32. The van der Waals surface area contributed by atoms with Crippen molar-refractivity contribution in [2.45, 2.75) is 54.0 Å². The Morgan fingerprint density at radius 2 is 1.96 bits per heavy atom. The van der Waals surface area contributed by atoms with Gasteiger partial charge in [-0.05, 0) is 38.7 Å². The lowest BCUT2D eigenvalue weighted by atomic mass is 10.2. The Morgan fingerprint density at radius 3 is 2.52 bits per heavy atom. The zero-order valence-electron chi connectivity index (χ0n) is 14.6. The molecule has 5 nitrogen and oxygen atoms in total. The fourth-order valence-electron chi connectivity index (χ4n) is 2.57. The van der Waals surface area contributed by atoms with Crippen molar-refractivity contribution in [3.8, 4) is 0 Å². The van der Waals surface area contributed by atoms with E-state index in [1.54, 1.807) is 6.92 Å². The molecule has 0 aromatic carbocycles. The van der Waals surface area contributed by atoms with Crippen LogP contribution in [0.2, 0.25) is 0 Å². The van der Waals surface area contributed by atoms with Crippen molar-refractivity contribution in [2.24, 2.45) is 5.92 Å². The highest BCUT2D eigenvalue weighted by Gasteiger charge is 2.25. The van der Waals surface area contributed by atoms with Crippen LogP contribution >= 0.6 is 11.3 Å². The van der Waals surface area contributed by atoms with Crippen molar-refractivity contribution >= 4 is 27.5 Å². The highest BCUT2D eigenvalue weighted by Crippen LogP contribution is 2.27. The van der Waals surface area contributed by atoms with Crippen LogP contribution in [0.25, 0.3) is 10.2 Å². The van der Waals surface area contributed by atoms with Gasteiger partial charge in [0.15, 0.2) is 0 Å². The zero-order chi connectivity index (χ0) is 17.3. The van der Waals surface area contributed by atoms with E-state index in [1.807, 2.05) is 34.6 Å². The van der Waals surface area contributed by atoms with Crippen molar-refractivity contribution in [2.75, 3.05) is 6.61 Å². The first kappa shape index (κ1) is 17.7. The molecule has 2 aromatic rings. The Kier molecular flexibility index (Phi) is 5.24. The van der Waals surface area contributed by atoms with Crippen LogP contribution in [-0.4, -0.2) is 22.1 Å². The van der Waals surface area contributed by atoms with Gasteiger partial charge in [-0.25, -0.2) is 9.78 Å². The average molecular weight is 336 g/mol. The van der Waals surface area contributed by atoms with Crippen LogP contribution in [0.1, 0.15) is 49.5 Å². The van der Waals surface area contributed by atoms with Gasteiger partial charge >= 0.3 is 5.97 Å². The van der Waals surface area contributed by atoms with Crippen LogP contribution in [0.15, 0.2) is 4.79 Å². The number of nitrogens with zero attached hydrogens (tertiary/aromatic N) is 2. The van der Waals surface area contributed by atoms with Crippen molar-refractivity contribution in [1.82, 2.24) is 9.55 Å². The van der Waals surface area contributed by atoms with E-state index >= 15 is 0 Å². The first-order valence-corrected chi connectivity index (χ1v) is 8.75. The molecule has 0 bridgehead atoms. The predicted octanol–water partition coefficient (Wildman–Crippen LogP) is 3.53. The maximum Gasteiger partial charge on any atom is 0.329 e. The molecule has 0 N–H and O–H groups in total. The van der Waals surface area contributed by atoms with E-state index in [-0.39, 0.29) is 17.4 Å². The lowest BCUT2D eigenvalue weighted by molar-refractivity contribution is -0.149. The summed E-state index contributed by atoms with van der Waals surface area (Å²) in [7, 11) is 0.